The molecule has 4 atom stereocenters. The highest BCUT2D eigenvalue weighted by atomic mass is 16.6. The number of ether oxygens (including phenoxy) is 3. The number of fused-ring (bicyclic) bond motifs is 3. The Morgan fingerprint density at radius 2 is 2.03 bits per heavy atom. The first kappa shape index (κ1) is 19.4. The fourth-order valence-electron chi connectivity index (χ4n) is 4.65. The van der Waals surface area contributed by atoms with Gasteiger partial charge in [0, 0.05) is 24.7 Å². The van der Waals surface area contributed by atoms with E-state index in [2.05, 4.69) is 10.2 Å². The number of piperidine rings is 1. The monoisotopic (exact) mass is 408 g/mol. The summed E-state index contributed by atoms with van der Waals surface area (Å²) in [7, 11) is 0. The molecule has 158 valence electrons. The van der Waals surface area contributed by atoms with Crippen LogP contribution in [0.5, 0.6) is 11.5 Å². The third kappa shape index (κ3) is 4.45. The molecule has 0 aromatic heterocycles. The number of carbonyl (C=O) groups is 1. The molecule has 3 aliphatic heterocycles. The minimum absolute atomic E-state index is 0.0450. The summed E-state index contributed by atoms with van der Waals surface area (Å²) in [5.41, 5.74) is 1.73. The normalized spacial score (nSPS) is 26.9. The van der Waals surface area contributed by atoms with Crippen molar-refractivity contribution >= 4 is 5.91 Å². The average Bonchev–Trinajstić information content (AvgIpc) is 3.12. The fraction of sp³-hybridized carbons (Fsp3) is 0.458. The summed E-state index contributed by atoms with van der Waals surface area (Å²) in [6, 6.07) is 15.7. The van der Waals surface area contributed by atoms with Crippen LogP contribution in [-0.2, 0) is 11.3 Å². The largest absolute Gasteiger partial charge is 0.486 e. The SMILES string of the molecule is O=C(N[C@@H]1C[C@@H]2CCN(C2)C1)c1ccc2c(c1)O[C@H](COCc1ccccc1)CO2. The maximum atomic E-state index is 12.8. The van der Waals surface area contributed by atoms with Crippen molar-refractivity contribution in [1.82, 2.24) is 10.2 Å². The van der Waals surface area contributed by atoms with E-state index in [1.165, 1.54) is 13.0 Å². The highest BCUT2D eigenvalue weighted by molar-refractivity contribution is 5.95. The van der Waals surface area contributed by atoms with Gasteiger partial charge in [0.05, 0.1) is 13.2 Å². The van der Waals surface area contributed by atoms with Gasteiger partial charge in [-0.1, -0.05) is 30.3 Å². The molecule has 2 saturated heterocycles. The van der Waals surface area contributed by atoms with Gasteiger partial charge >= 0.3 is 0 Å². The predicted molar refractivity (Wildman–Crippen MR) is 113 cm³/mol. The molecule has 0 aliphatic carbocycles. The average molecular weight is 408 g/mol. The Labute approximate surface area is 177 Å². The van der Waals surface area contributed by atoms with Crippen molar-refractivity contribution in [2.75, 3.05) is 32.8 Å². The van der Waals surface area contributed by atoms with E-state index >= 15 is 0 Å². The third-order valence-corrected chi connectivity index (χ3v) is 6.14. The lowest BCUT2D eigenvalue weighted by atomic mass is 9.96. The molecule has 1 unspecified atom stereocenters. The van der Waals surface area contributed by atoms with Crippen molar-refractivity contribution in [3.05, 3.63) is 59.7 Å². The Kier molecular flexibility index (Phi) is 5.60. The Morgan fingerprint density at radius 3 is 2.90 bits per heavy atom. The van der Waals surface area contributed by atoms with Crippen molar-refractivity contribution in [1.29, 1.82) is 0 Å². The molecule has 6 nitrogen and oxygen atoms in total. The van der Waals surface area contributed by atoms with Crippen molar-refractivity contribution in [2.45, 2.75) is 31.6 Å². The van der Waals surface area contributed by atoms with Crippen LogP contribution >= 0.6 is 0 Å². The molecule has 6 heteroatoms. The zero-order chi connectivity index (χ0) is 20.3. The lowest BCUT2D eigenvalue weighted by Gasteiger charge is -2.30. The first-order chi connectivity index (χ1) is 14.7. The molecule has 1 N–H and O–H groups in total. The molecule has 0 radical (unpaired) electrons. The van der Waals surface area contributed by atoms with Crippen LogP contribution in [-0.4, -0.2) is 55.8 Å². The van der Waals surface area contributed by atoms with Gasteiger partial charge in [-0.05, 0) is 49.1 Å². The van der Waals surface area contributed by atoms with E-state index in [-0.39, 0.29) is 18.1 Å². The molecule has 3 aliphatic rings. The Bertz CT molecular complexity index is 876. The second kappa shape index (κ2) is 8.66. The van der Waals surface area contributed by atoms with Gasteiger partial charge in [0.1, 0.15) is 6.61 Å². The molecule has 5 rings (SSSR count). The molecule has 0 saturated carbocycles. The van der Waals surface area contributed by atoms with Crippen LogP contribution in [0.25, 0.3) is 0 Å². The van der Waals surface area contributed by atoms with Gasteiger partial charge in [0.2, 0.25) is 0 Å². The van der Waals surface area contributed by atoms with Gasteiger partial charge in [0.15, 0.2) is 17.6 Å². The smallest absolute Gasteiger partial charge is 0.251 e. The number of hydrogen-bond donors (Lipinski definition) is 1. The minimum Gasteiger partial charge on any atom is -0.486 e. The number of carbonyl (C=O) groups excluding carboxylic acids is 1. The van der Waals surface area contributed by atoms with E-state index in [9.17, 15) is 4.79 Å². The summed E-state index contributed by atoms with van der Waals surface area (Å²) in [5.74, 6) is 1.96. The first-order valence-electron chi connectivity index (χ1n) is 10.8. The molecular formula is C24H28N2O4. The Morgan fingerprint density at radius 1 is 1.13 bits per heavy atom. The summed E-state index contributed by atoms with van der Waals surface area (Å²) in [6.45, 7) is 4.71. The number of hydrogen-bond acceptors (Lipinski definition) is 5. The molecule has 2 aromatic carbocycles. The van der Waals surface area contributed by atoms with Crippen LogP contribution in [0.3, 0.4) is 0 Å². The van der Waals surface area contributed by atoms with Crippen LogP contribution < -0.4 is 14.8 Å². The maximum absolute atomic E-state index is 12.8. The highest BCUT2D eigenvalue weighted by Crippen LogP contribution is 2.33. The standard InChI is InChI=1S/C24H28N2O4/c27-24(25-20-10-18-8-9-26(12-18)13-20)19-6-7-22-23(11-19)30-21(16-29-22)15-28-14-17-4-2-1-3-5-17/h1-7,11,18,20-21H,8-10,12-16H2,(H,25,27)/t18-,20+,21+/m0/s1. The quantitative estimate of drug-likeness (QED) is 0.797. The van der Waals surface area contributed by atoms with Crippen molar-refractivity contribution in [3.8, 4) is 11.5 Å². The van der Waals surface area contributed by atoms with E-state index in [0.29, 0.717) is 36.9 Å². The summed E-state index contributed by atoms with van der Waals surface area (Å²) < 4.78 is 17.7. The van der Waals surface area contributed by atoms with Crippen LogP contribution in [0.4, 0.5) is 0 Å². The zero-order valence-corrected chi connectivity index (χ0v) is 17.1. The number of benzene rings is 2. The third-order valence-electron chi connectivity index (χ3n) is 6.14. The Hall–Kier alpha value is -2.57. The molecule has 1 amide bonds. The van der Waals surface area contributed by atoms with Crippen LogP contribution in [0.2, 0.25) is 0 Å². The van der Waals surface area contributed by atoms with Crippen LogP contribution in [0.1, 0.15) is 28.8 Å². The van der Waals surface area contributed by atoms with Gasteiger partial charge in [-0.15, -0.1) is 0 Å². The number of rotatable bonds is 6. The molecular weight excluding hydrogens is 380 g/mol. The number of nitrogens with zero attached hydrogens (tertiary/aromatic N) is 1. The number of nitrogens with one attached hydrogen (secondary N) is 1. The summed E-state index contributed by atoms with van der Waals surface area (Å²) in [6.07, 6.45) is 2.14. The van der Waals surface area contributed by atoms with Gasteiger partial charge < -0.3 is 24.4 Å². The minimum atomic E-state index is -0.193. The second-order valence-electron chi connectivity index (χ2n) is 8.53. The summed E-state index contributed by atoms with van der Waals surface area (Å²) >= 11 is 0. The maximum Gasteiger partial charge on any atom is 0.251 e. The molecule has 2 aromatic rings. The van der Waals surface area contributed by atoms with E-state index in [1.54, 1.807) is 6.07 Å². The molecule has 30 heavy (non-hydrogen) atoms. The molecule has 0 spiro atoms. The van der Waals surface area contributed by atoms with Gasteiger partial charge in [0.25, 0.3) is 5.91 Å². The predicted octanol–water partition coefficient (Wildman–Crippen LogP) is 2.87. The van der Waals surface area contributed by atoms with Crippen molar-refractivity contribution in [2.24, 2.45) is 5.92 Å². The van der Waals surface area contributed by atoms with Crippen LogP contribution in [0, 0.1) is 5.92 Å². The second-order valence-corrected chi connectivity index (χ2v) is 8.53. The van der Waals surface area contributed by atoms with Crippen LogP contribution in [0.15, 0.2) is 48.5 Å². The van der Waals surface area contributed by atoms with Gasteiger partial charge in [-0.25, -0.2) is 0 Å². The Balaban J connectivity index is 1.16. The summed E-state index contributed by atoms with van der Waals surface area (Å²) in [4.78, 5) is 15.2. The van der Waals surface area contributed by atoms with E-state index in [4.69, 9.17) is 14.2 Å². The number of amides is 1. The van der Waals surface area contributed by atoms with Crippen molar-refractivity contribution in [3.63, 3.8) is 0 Å². The van der Waals surface area contributed by atoms with Gasteiger partial charge in [-0.3, -0.25) is 4.79 Å². The van der Waals surface area contributed by atoms with Gasteiger partial charge in [-0.2, -0.15) is 0 Å². The first-order valence-corrected chi connectivity index (χ1v) is 10.8. The topological polar surface area (TPSA) is 60.0 Å². The summed E-state index contributed by atoms with van der Waals surface area (Å²) in [5, 5.41) is 3.20. The molecule has 3 heterocycles. The van der Waals surface area contributed by atoms with E-state index < -0.39 is 0 Å². The highest BCUT2D eigenvalue weighted by Gasteiger charge is 2.33. The van der Waals surface area contributed by atoms with E-state index in [0.717, 1.165) is 31.0 Å². The zero-order valence-electron chi connectivity index (χ0n) is 17.1. The fourth-order valence-corrected chi connectivity index (χ4v) is 4.65. The van der Waals surface area contributed by atoms with E-state index in [1.807, 2.05) is 42.5 Å². The molecule has 2 bridgehead atoms. The lowest BCUT2D eigenvalue weighted by Crippen LogP contribution is -2.47. The molecule has 2 fully saturated rings. The van der Waals surface area contributed by atoms with Crippen molar-refractivity contribution < 1.29 is 19.0 Å². The lowest BCUT2D eigenvalue weighted by molar-refractivity contribution is 0.00267.